The van der Waals surface area contributed by atoms with E-state index in [1.165, 1.54) is 19.3 Å². The number of hydrogen-bond donors (Lipinski definition) is 1. The maximum atomic E-state index is 9.41. The van der Waals surface area contributed by atoms with Gasteiger partial charge in [-0.3, -0.25) is 0 Å². The molecule has 0 spiro atoms. The average Bonchev–Trinajstić information content (AvgIpc) is 2.99. The standard InChI is InChI=1S/C12H16O2/c13-11-5-1-2-6-12(11)14-9-3-4-10-7-8-10/h1-2,5-6,10,13H,3-4,7-9H2. The maximum Gasteiger partial charge on any atom is 0.160 e. The Labute approximate surface area is 84.5 Å². The Morgan fingerprint density at radius 1 is 1.29 bits per heavy atom. The van der Waals surface area contributed by atoms with E-state index in [-0.39, 0.29) is 5.75 Å². The highest BCUT2D eigenvalue weighted by molar-refractivity contribution is 5.37. The summed E-state index contributed by atoms with van der Waals surface area (Å²) < 4.78 is 5.46. The van der Waals surface area contributed by atoms with Crippen molar-refractivity contribution in [2.24, 2.45) is 5.92 Å². The highest BCUT2D eigenvalue weighted by Crippen LogP contribution is 2.33. The highest BCUT2D eigenvalue weighted by atomic mass is 16.5. The van der Waals surface area contributed by atoms with E-state index in [9.17, 15) is 5.11 Å². The van der Waals surface area contributed by atoms with Crippen LogP contribution < -0.4 is 4.74 Å². The van der Waals surface area contributed by atoms with E-state index in [4.69, 9.17) is 4.74 Å². The van der Waals surface area contributed by atoms with E-state index in [0.717, 1.165) is 12.3 Å². The van der Waals surface area contributed by atoms with Gasteiger partial charge in [0.2, 0.25) is 0 Å². The van der Waals surface area contributed by atoms with Crippen molar-refractivity contribution < 1.29 is 9.84 Å². The third-order valence-corrected chi connectivity index (χ3v) is 2.58. The Hall–Kier alpha value is -1.18. The molecule has 2 heteroatoms. The molecule has 2 rings (SSSR count). The third kappa shape index (κ3) is 2.66. The van der Waals surface area contributed by atoms with Crippen LogP contribution in [0.4, 0.5) is 0 Å². The smallest absolute Gasteiger partial charge is 0.160 e. The predicted molar refractivity (Wildman–Crippen MR) is 55.6 cm³/mol. The minimum Gasteiger partial charge on any atom is -0.504 e. The van der Waals surface area contributed by atoms with Crippen LogP contribution in [0, 0.1) is 5.92 Å². The molecule has 76 valence electrons. The summed E-state index contributed by atoms with van der Waals surface area (Å²) in [6.45, 7) is 0.716. The lowest BCUT2D eigenvalue weighted by Gasteiger charge is -2.06. The maximum absolute atomic E-state index is 9.41. The molecule has 1 aliphatic carbocycles. The van der Waals surface area contributed by atoms with Gasteiger partial charge in [-0.2, -0.15) is 0 Å². The number of phenols is 1. The van der Waals surface area contributed by atoms with Crippen LogP contribution in [0.2, 0.25) is 0 Å². The van der Waals surface area contributed by atoms with Crippen LogP contribution in [0.25, 0.3) is 0 Å². The van der Waals surface area contributed by atoms with Gasteiger partial charge >= 0.3 is 0 Å². The first-order chi connectivity index (χ1) is 6.86. The number of para-hydroxylation sites is 2. The Bertz CT molecular complexity index is 292. The fourth-order valence-corrected chi connectivity index (χ4v) is 1.54. The SMILES string of the molecule is Oc1ccccc1OCCCC1CC1. The zero-order valence-corrected chi connectivity index (χ0v) is 8.28. The number of benzene rings is 1. The summed E-state index contributed by atoms with van der Waals surface area (Å²) in [4.78, 5) is 0. The molecule has 0 heterocycles. The molecule has 0 unspecified atom stereocenters. The lowest BCUT2D eigenvalue weighted by molar-refractivity contribution is 0.288. The Kier molecular flexibility index (Phi) is 2.92. The normalized spacial score (nSPS) is 15.4. The lowest BCUT2D eigenvalue weighted by atomic mass is 10.2. The number of aromatic hydroxyl groups is 1. The quantitative estimate of drug-likeness (QED) is 0.727. The Morgan fingerprint density at radius 3 is 2.79 bits per heavy atom. The van der Waals surface area contributed by atoms with Gasteiger partial charge in [0.25, 0.3) is 0 Å². The van der Waals surface area contributed by atoms with Crippen molar-refractivity contribution in [3.63, 3.8) is 0 Å². The molecule has 1 aromatic carbocycles. The van der Waals surface area contributed by atoms with Gasteiger partial charge < -0.3 is 9.84 Å². The molecule has 0 bridgehead atoms. The largest absolute Gasteiger partial charge is 0.504 e. The fourth-order valence-electron chi connectivity index (χ4n) is 1.54. The van der Waals surface area contributed by atoms with Crippen LogP contribution in [0.1, 0.15) is 25.7 Å². The van der Waals surface area contributed by atoms with Crippen molar-refractivity contribution in [2.45, 2.75) is 25.7 Å². The molecule has 0 saturated heterocycles. The topological polar surface area (TPSA) is 29.5 Å². The highest BCUT2D eigenvalue weighted by Gasteiger charge is 2.20. The Balaban J connectivity index is 1.71. The molecule has 1 N–H and O–H groups in total. The van der Waals surface area contributed by atoms with Gasteiger partial charge in [-0.05, 0) is 30.9 Å². The summed E-state index contributed by atoms with van der Waals surface area (Å²) in [6, 6.07) is 7.12. The van der Waals surface area contributed by atoms with Crippen molar-refractivity contribution in [3.05, 3.63) is 24.3 Å². The van der Waals surface area contributed by atoms with Crippen molar-refractivity contribution in [1.29, 1.82) is 0 Å². The van der Waals surface area contributed by atoms with Gasteiger partial charge in [0.15, 0.2) is 11.5 Å². The lowest BCUT2D eigenvalue weighted by Crippen LogP contribution is -1.97. The van der Waals surface area contributed by atoms with Crippen LogP contribution in [-0.4, -0.2) is 11.7 Å². The molecule has 14 heavy (non-hydrogen) atoms. The monoisotopic (exact) mass is 192 g/mol. The summed E-state index contributed by atoms with van der Waals surface area (Å²) in [5.74, 6) is 1.80. The van der Waals surface area contributed by atoms with Crippen LogP contribution in [0.5, 0.6) is 11.5 Å². The summed E-state index contributed by atoms with van der Waals surface area (Å²) in [7, 11) is 0. The van der Waals surface area contributed by atoms with E-state index in [1.807, 2.05) is 6.07 Å². The third-order valence-electron chi connectivity index (χ3n) is 2.58. The number of hydrogen-bond acceptors (Lipinski definition) is 2. The number of ether oxygens (including phenoxy) is 1. The zero-order chi connectivity index (χ0) is 9.80. The van der Waals surface area contributed by atoms with Crippen LogP contribution in [0.3, 0.4) is 0 Å². The minimum absolute atomic E-state index is 0.235. The summed E-state index contributed by atoms with van der Waals surface area (Å²) in [5.41, 5.74) is 0. The van der Waals surface area contributed by atoms with Gasteiger partial charge in [0, 0.05) is 0 Å². The molecule has 1 aliphatic rings. The molecule has 2 nitrogen and oxygen atoms in total. The van der Waals surface area contributed by atoms with Crippen molar-refractivity contribution in [3.8, 4) is 11.5 Å². The van der Waals surface area contributed by atoms with Crippen molar-refractivity contribution in [2.75, 3.05) is 6.61 Å². The van der Waals surface area contributed by atoms with Gasteiger partial charge in [0.1, 0.15) is 0 Å². The summed E-state index contributed by atoms with van der Waals surface area (Å²) in [5, 5.41) is 9.41. The van der Waals surface area contributed by atoms with Gasteiger partial charge in [-0.1, -0.05) is 25.0 Å². The van der Waals surface area contributed by atoms with Crippen LogP contribution in [-0.2, 0) is 0 Å². The van der Waals surface area contributed by atoms with Crippen molar-refractivity contribution in [1.82, 2.24) is 0 Å². The van der Waals surface area contributed by atoms with E-state index >= 15 is 0 Å². The molecule has 1 fully saturated rings. The number of rotatable bonds is 5. The minimum atomic E-state index is 0.235. The second kappa shape index (κ2) is 4.36. The summed E-state index contributed by atoms with van der Waals surface area (Å²) >= 11 is 0. The molecular weight excluding hydrogens is 176 g/mol. The van der Waals surface area contributed by atoms with E-state index < -0.39 is 0 Å². The van der Waals surface area contributed by atoms with Crippen LogP contribution >= 0.6 is 0 Å². The average molecular weight is 192 g/mol. The molecule has 0 aromatic heterocycles. The molecule has 0 aliphatic heterocycles. The number of phenolic OH excluding ortho intramolecular Hbond substituents is 1. The van der Waals surface area contributed by atoms with Gasteiger partial charge in [0.05, 0.1) is 6.61 Å². The second-order valence-electron chi connectivity index (χ2n) is 3.90. The molecular formula is C12H16O2. The van der Waals surface area contributed by atoms with E-state index in [1.54, 1.807) is 18.2 Å². The van der Waals surface area contributed by atoms with Gasteiger partial charge in [-0.15, -0.1) is 0 Å². The Morgan fingerprint density at radius 2 is 2.07 bits per heavy atom. The van der Waals surface area contributed by atoms with E-state index in [0.29, 0.717) is 12.4 Å². The second-order valence-corrected chi connectivity index (χ2v) is 3.90. The molecule has 1 saturated carbocycles. The summed E-state index contributed by atoms with van der Waals surface area (Å²) in [6.07, 6.45) is 5.17. The molecule has 0 amide bonds. The van der Waals surface area contributed by atoms with Crippen molar-refractivity contribution >= 4 is 0 Å². The fraction of sp³-hybridized carbons (Fsp3) is 0.500. The van der Waals surface area contributed by atoms with E-state index in [2.05, 4.69) is 0 Å². The first-order valence-corrected chi connectivity index (χ1v) is 5.27. The first kappa shape index (κ1) is 9.38. The van der Waals surface area contributed by atoms with Gasteiger partial charge in [-0.25, -0.2) is 0 Å². The molecule has 0 atom stereocenters. The molecule has 0 radical (unpaired) electrons. The molecule has 1 aromatic rings. The first-order valence-electron chi connectivity index (χ1n) is 5.27. The predicted octanol–water partition coefficient (Wildman–Crippen LogP) is 2.96. The zero-order valence-electron chi connectivity index (χ0n) is 8.28. The van der Waals surface area contributed by atoms with Crippen LogP contribution in [0.15, 0.2) is 24.3 Å².